The minimum absolute atomic E-state index is 0.0421. The Hall–Kier alpha value is -3.40. The standard InChI is InChI=1S/C24H22N2O2/c1-17-6-5-9-20(14-17)23(27)25-22-11-10-18-12-13-26(16-21(18)15-22)24(28)19-7-3-2-4-8-19/h2-11,14-15H,12-13,16H2,1H3,(H,25,27). The first kappa shape index (κ1) is 18.0. The van der Waals surface area contributed by atoms with Crippen LogP contribution in [0.25, 0.3) is 0 Å². The molecule has 2 amide bonds. The normalized spacial score (nSPS) is 13.0. The second-order valence-corrected chi connectivity index (χ2v) is 7.15. The third kappa shape index (κ3) is 3.81. The Morgan fingerprint density at radius 2 is 1.64 bits per heavy atom. The van der Waals surface area contributed by atoms with E-state index in [1.165, 1.54) is 5.56 Å². The van der Waals surface area contributed by atoms with Crippen molar-refractivity contribution in [2.24, 2.45) is 0 Å². The van der Waals surface area contributed by atoms with Crippen molar-refractivity contribution in [3.05, 3.63) is 101 Å². The van der Waals surface area contributed by atoms with Crippen molar-refractivity contribution in [1.29, 1.82) is 0 Å². The summed E-state index contributed by atoms with van der Waals surface area (Å²) in [4.78, 5) is 27.1. The van der Waals surface area contributed by atoms with Crippen LogP contribution in [0.1, 0.15) is 37.4 Å². The first-order valence-corrected chi connectivity index (χ1v) is 9.44. The second kappa shape index (κ2) is 7.69. The predicted molar refractivity (Wildman–Crippen MR) is 110 cm³/mol. The van der Waals surface area contributed by atoms with Crippen LogP contribution in [0.5, 0.6) is 0 Å². The molecule has 1 aliphatic rings. The SMILES string of the molecule is Cc1cccc(C(=O)Nc2ccc3c(c2)CN(C(=O)c2ccccc2)CC3)c1. The zero-order valence-electron chi connectivity index (χ0n) is 15.8. The van der Waals surface area contributed by atoms with Gasteiger partial charge in [0.2, 0.25) is 0 Å². The molecule has 4 rings (SSSR count). The van der Waals surface area contributed by atoms with Gasteiger partial charge in [0.15, 0.2) is 0 Å². The molecule has 3 aromatic rings. The minimum atomic E-state index is -0.128. The summed E-state index contributed by atoms with van der Waals surface area (Å²) in [6.45, 7) is 3.22. The van der Waals surface area contributed by atoms with Gasteiger partial charge >= 0.3 is 0 Å². The highest BCUT2D eigenvalue weighted by molar-refractivity contribution is 6.04. The molecule has 0 fully saturated rings. The molecule has 0 unspecified atom stereocenters. The molecule has 1 heterocycles. The highest BCUT2D eigenvalue weighted by Crippen LogP contribution is 2.24. The number of nitrogens with one attached hydrogen (secondary N) is 1. The van der Waals surface area contributed by atoms with Gasteiger partial charge in [0.1, 0.15) is 0 Å². The lowest BCUT2D eigenvalue weighted by Gasteiger charge is -2.29. The van der Waals surface area contributed by atoms with Crippen LogP contribution < -0.4 is 5.32 Å². The van der Waals surface area contributed by atoms with E-state index in [0.29, 0.717) is 24.2 Å². The maximum Gasteiger partial charge on any atom is 0.255 e. The monoisotopic (exact) mass is 370 g/mol. The number of benzene rings is 3. The maximum absolute atomic E-state index is 12.7. The highest BCUT2D eigenvalue weighted by atomic mass is 16.2. The fraction of sp³-hybridized carbons (Fsp3) is 0.167. The van der Waals surface area contributed by atoms with Crippen molar-refractivity contribution in [2.75, 3.05) is 11.9 Å². The molecule has 1 N–H and O–H groups in total. The fourth-order valence-electron chi connectivity index (χ4n) is 3.56. The van der Waals surface area contributed by atoms with E-state index in [2.05, 4.69) is 5.32 Å². The lowest BCUT2D eigenvalue weighted by atomic mass is 9.98. The number of nitrogens with zero attached hydrogens (tertiary/aromatic N) is 1. The van der Waals surface area contributed by atoms with Gasteiger partial charge in [-0.15, -0.1) is 0 Å². The summed E-state index contributed by atoms with van der Waals surface area (Å²) in [7, 11) is 0. The van der Waals surface area contributed by atoms with Crippen molar-refractivity contribution >= 4 is 17.5 Å². The van der Waals surface area contributed by atoms with Crippen LogP contribution in [-0.2, 0) is 13.0 Å². The van der Waals surface area contributed by atoms with E-state index in [4.69, 9.17) is 0 Å². The van der Waals surface area contributed by atoms with Gasteiger partial charge in [-0.2, -0.15) is 0 Å². The van der Waals surface area contributed by atoms with Crippen LogP contribution in [0.4, 0.5) is 5.69 Å². The molecule has 0 bridgehead atoms. The summed E-state index contributed by atoms with van der Waals surface area (Å²) in [5.74, 6) is -0.0860. The van der Waals surface area contributed by atoms with Gasteiger partial charge < -0.3 is 10.2 Å². The van der Waals surface area contributed by atoms with Gasteiger partial charge in [0.05, 0.1) is 0 Å². The number of hydrogen-bond acceptors (Lipinski definition) is 2. The summed E-state index contributed by atoms with van der Waals surface area (Å²) in [6.07, 6.45) is 0.819. The maximum atomic E-state index is 12.7. The van der Waals surface area contributed by atoms with Crippen molar-refractivity contribution < 1.29 is 9.59 Å². The van der Waals surface area contributed by atoms with Crippen molar-refractivity contribution in [3.63, 3.8) is 0 Å². The molecule has 3 aromatic carbocycles. The molecule has 0 spiro atoms. The van der Waals surface area contributed by atoms with E-state index in [-0.39, 0.29) is 11.8 Å². The average molecular weight is 370 g/mol. The van der Waals surface area contributed by atoms with E-state index in [0.717, 1.165) is 23.2 Å². The Balaban J connectivity index is 1.51. The molecule has 28 heavy (non-hydrogen) atoms. The number of carbonyl (C=O) groups excluding carboxylic acids is 2. The number of amides is 2. The smallest absolute Gasteiger partial charge is 0.255 e. The molecule has 0 saturated heterocycles. The van der Waals surface area contributed by atoms with E-state index < -0.39 is 0 Å². The molecule has 4 nitrogen and oxygen atoms in total. The minimum Gasteiger partial charge on any atom is -0.334 e. The van der Waals surface area contributed by atoms with Gasteiger partial charge in [-0.05, 0) is 60.9 Å². The Morgan fingerprint density at radius 3 is 2.43 bits per heavy atom. The van der Waals surface area contributed by atoms with Crippen LogP contribution in [0.3, 0.4) is 0 Å². The van der Waals surface area contributed by atoms with Crippen LogP contribution in [0.2, 0.25) is 0 Å². The number of rotatable bonds is 3. The Labute approximate surface area is 164 Å². The second-order valence-electron chi connectivity index (χ2n) is 7.15. The number of fused-ring (bicyclic) bond motifs is 1. The van der Waals surface area contributed by atoms with E-state index in [1.807, 2.05) is 78.6 Å². The Kier molecular flexibility index (Phi) is 4.94. The summed E-state index contributed by atoms with van der Waals surface area (Å²) >= 11 is 0. The van der Waals surface area contributed by atoms with Crippen molar-refractivity contribution in [3.8, 4) is 0 Å². The molecular formula is C24H22N2O2. The Bertz CT molecular complexity index is 1030. The van der Waals surface area contributed by atoms with Crippen LogP contribution in [0.15, 0.2) is 72.8 Å². The quantitative estimate of drug-likeness (QED) is 0.741. The molecule has 0 saturated carbocycles. The van der Waals surface area contributed by atoms with Crippen LogP contribution >= 0.6 is 0 Å². The van der Waals surface area contributed by atoms with Crippen molar-refractivity contribution in [2.45, 2.75) is 19.9 Å². The number of hydrogen-bond donors (Lipinski definition) is 1. The van der Waals surface area contributed by atoms with E-state index in [1.54, 1.807) is 6.07 Å². The largest absolute Gasteiger partial charge is 0.334 e. The summed E-state index contributed by atoms with van der Waals surface area (Å²) in [5, 5.41) is 2.97. The van der Waals surface area contributed by atoms with Gasteiger partial charge in [-0.1, -0.05) is 42.0 Å². The number of carbonyl (C=O) groups is 2. The average Bonchev–Trinajstić information content (AvgIpc) is 2.73. The molecule has 4 heteroatoms. The van der Waals surface area contributed by atoms with E-state index >= 15 is 0 Å². The third-order valence-electron chi connectivity index (χ3n) is 5.06. The highest BCUT2D eigenvalue weighted by Gasteiger charge is 2.22. The van der Waals surface area contributed by atoms with E-state index in [9.17, 15) is 9.59 Å². The van der Waals surface area contributed by atoms with Crippen LogP contribution in [0, 0.1) is 6.92 Å². The molecule has 0 radical (unpaired) electrons. The number of aryl methyl sites for hydroxylation is 1. The lowest BCUT2D eigenvalue weighted by molar-refractivity contribution is 0.0734. The Morgan fingerprint density at radius 1 is 0.857 bits per heavy atom. The topological polar surface area (TPSA) is 49.4 Å². The van der Waals surface area contributed by atoms with Gasteiger partial charge in [-0.3, -0.25) is 9.59 Å². The zero-order chi connectivity index (χ0) is 19.5. The molecule has 0 atom stereocenters. The zero-order valence-corrected chi connectivity index (χ0v) is 15.8. The third-order valence-corrected chi connectivity index (χ3v) is 5.06. The summed E-state index contributed by atoms with van der Waals surface area (Å²) in [6, 6.07) is 22.8. The molecule has 1 aliphatic heterocycles. The molecule has 0 aliphatic carbocycles. The van der Waals surface area contributed by atoms with Gasteiger partial charge in [0, 0.05) is 29.9 Å². The fourth-order valence-corrected chi connectivity index (χ4v) is 3.56. The molecule has 0 aromatic heterocycles. The molecule has 140 valence electrons. The summed E-state index contributed by atoms with van der Waals surface area (Å²) < 4.78 is 0. The molecular weight excluding hydrogens is 348 g/mol. The number of anilines is 1. The van der Waals surface area contributed by atoms with Crippen molar-refractivity contribution in [1.82, 2.24) is 4.90 Å². The van der Waals surface area contributed by atoms with Crippen LogP contribution in [-0.4, -0.2) is 23.3 Å². The summed E-state index contributed by atoms with van der Waals surface area (Å²) in [5.41, 5.74) is 5.45. The first-order chi connectivity index (χ1) is 13.6. The lowest BCUT2D eigenvalue weighted by Crippen LogP contribution is -2.36. The van der Waals surface area contributed by atoms with Gasteiger partial charge in [-0.25, -0.2) is 0 Å². The van der Waals surface area contributed by atoms with Gasteiger partial charge in [0.25, 0.3) is 11.8 Å². The first-order valence-electron chi connectivity index (χ1n) is 9.44. The predicted octanol–water partition coefficient (Wildman–Crippen LogP) is 4.45.